The number of hydrogen-bond donors (Lipinski definition) is 0. The summed E-state index contributed by atoms with van der Waals surface area (Å²) in [5.74, 6) is 0.883. The summed E-state index contributed by atoms with van der Waals surface area (Å²) in [4.78, 5) is 0. The first kappa shape index (κ1) is 10.5. The Morgan fingerprint density at radius 1 is 1.07 bits per heavy atom. The quantitative estimate of drug-likeness (QED) is 0.622. The maximum absolute atomic E-state index is 5.68. The lowest BCUT2D eigenvalue weighted by Gasteiger charge is -2.49. The molecule has 2 aliphatic rings. The topological polar surface area (TPSA) is 9.23 Å². The number of rotatable bonds is 1. The standard InChI is InChI=1S/C13H24O/c1-12(2)8-5-9-13(3)10(12)6-7-11(13)14-4/h10-11H,5-9H2,1-4H3. The summed E-state index contributed by atoms with van der Waals surface area (Å²) in [5.41, 5.74) is 1.01. The summed E-state index contributed by atoms with van der Waals surface area (Å²) in [6, 6.07) is 0. The Morgan fingerprint density at radius 3 is 2.43 bits per heavy atom. The maximum atomic E-state index is 5.68. The highest BCUT2D eigenvalue weighted by Crippen LogP contribution is 2.59. The van der Waals surface area contributed by atoms with Gasteiger partial charge >= 0.3 is 0 Å². The smallest absolute Gasteiger partial charge is 0.0627 e. The molecule has 0 amide bonds. The highest BCUT2D eigenvalue weighted by Gasteiger charge is 2.54. The van der Waals surface area contributed by atoms with Crippen LogP contribution in [0.25, 0.3) is 0 Å². The van der Waals surface area contributed by atoms with Crippen LogP contribution >= 0.6 is 0 Å². The van der Waals surface area contributed by atoms with Crippen molar-refractivity contribution in [1.82, 2.24) is 0 Å². The van der Waals surface area contributed by atoms with Crippen LogP contribution in [-0.2, 0) is 4.74 Å². The Morgan fingerprint density at radius 2 is 1.79 bits per heavy atom. The van der Waals surface area contributed by atoms with Gasteiger partial charge in [0.2, 0.25) is 0 Å². The Labute approximate surface area is 88.2 Å². The van der Waals surface area contributed by atoms with Crippen LogP contribution in [0.1, 0.15) is 52.9 Å². The zero-order valence-electron chi connectivity index (χ0n) is 10.1. The SMILES string of the molecule is COC1CCC2C(C)(C)CCCC12C. The third kappa shape index (κ3) is 1.32. The average molecular weight is 196 g/mol. The Hall–Kier alpha value is -0.0400. The number of ether oxygens (including phenoxy) is 1. The molecule has 82 valence electrons. The molecule has 2 aliphatic carbocycles. The van der Waals surface area contributed by atoms with Crippen molar-refractivity contribution in [3.05, 3.63) is 0 Å². The lowest BCUT2D eigenvalue weighted by Crippen LogP contribution is -2.43. The molecule has 14 heavy (non-hydrogen) atoms. The molecule has 2 fully saturated rings. The van der Waals surface area contributed by atoms with Gasteiger partial charge in [-0.3, -0.25) is 0 Å². The fourth-order valence-corrected chi connectivity index (χ4v) is 4.31. The molecule has 2 saturated carbocycles. The van der Waals surface area contributed by atoms with Crippen LogP contribution in [-0.4, -0.2) is 13.2 Å². The predicted octanol–water partition coefficient (Wildman–Crippen LogP) is 3.63. The number of fused-ring (bicyclic) bond motifs is 1. The van der Waals surface area contributed by atoms with Gasteiger partial charge in [0.1, 0.15) is 0 Å². The van der Waals surface area contributed by atoms with Crippen molar-refractivity contribution < 1.29 is 4.74 Å². The lowest BCUT2D eigenvalue weighted by molar-refractivity contribution is -0.0581. The zero-order valence-corrected chi connectivity index (χ0v) is 10.1. The van der Waals surface area contributed by atoms with E-state index in [2.05, 4.69) is 20.8 Å². The molecule has 0 N–H and O–H groups in total. The lowest BCUT2D eigenvalue weighted by atomic mass is 9.57. The molecule has 0 aromatic heterocycles. The molecule has 1 heteroatoms. The fraction of sp³-hybridized carbons (Fsp3) is 1.00. The van der Waals surface area contributed by atoms with Crippen molar-refractivity contribution in [2.45, 2.75) is 59.0 Å². The van der Waals surface area contributed by atoms with Gasteiger partial charge in [0.15, 0.2) is 0 Å². The largest absolute Gasteiger partial charge is 0.381 e. The molecular weight excluding hydrogens is 172 g/mol. The van der Waals surface area contributed by atoms with Crippen molar-refractivity contribution in [2.24, 2.45) is 16.7 Å². The van der Waals surface area contributed by atoms with Crippen LogP contribution < -0.4 is 0 Å². The van der Waals surface area contributed by atoms with Gasteiger partial charge in [-0.15, -0.1) is 0 Å². The third-order valence-electron chi connectivity index (χ3n) is 5.01. The van der Waals surface area contributed by atoms with Gasteiger partial charge in [0, 0.05) is 7.11 Å². The Bertz CT molecular complexity index is 221. The molecule has 0 heterocycles. The third-order valence-corrected chi connectivity index (χ3v) is 5.01. The molecule has 2 rings (SSSR count). The second-order valence-corrected chi connectivity index (χ2v) is 6.20. The van der Waals surface area contributed by atoms with Crippen molar-refractivity contribution >= 4 is 0 Å². The minimum atomic E-state index is 0.469. The Balaban J connectivity index is 2.26. The average Bonchev–Trinajstić information content (AvgIpc) is 2.42. The summed E-state index contributed by atoms with van der Waals surface area (Å²) in [6.07, 6.45) is 7.35. The van der Waals surface area contributed by atoms with Crippen molar-refractivity contribution in [3.8, 4) is 0 Å². The summed E-state index contributed by atoms with van der Waals surface area (Å²) >= 11 is 0. The van der Waals surface area contributed by atoms with E-state index in [-0.39, 0.29) is 0 Å². The first-order valence-corrected chi connectivity index (χ1v) is 6.03. The number of methoxy groups -OCH3 is 1. The molecule has 3 unspecified atom stereocenters. The monoisotopic (exact) mass is 196 g/mol. The molecular formula is C13H24O. The normalized spacial score (nSPS) is 46.3. The fourth-order valence-electron chi connectivity index (χ4n) is 4.31. The maximum Gasteiger partial charge on any atom is 0.0627 e. The minimum Gasteiger partial charge on any atom is -0.381 e. The first-order chi connectivity index (χ1) is 6.50. The van der Waals surface area contributed by atoms with Crippen LogP contribution in [0.4, 0.5) is 0 Å². The summed E-state index contributed by atoms with van der Waals surface area (Å²) in [5, 5.41) is 0. The van der Waals surface area contributed by atoms with Gasteiger partial charge < -0.3 is 4.74 Å². The van der Waals surface area contributed by atoms with Gasteiger partial charge in [-0.25, -0.2) is 0 Å². The van der Waals surface area contributed by atoms with E-state index in [0.717, 1.165) is 5.92 Å². The van der Waals surface area contributed by atoms with Gasteiger partial charge in [0.05, 0.1) is 6.10 Å². The highest BCUT2D eigenvalue weighted by atomic mass is 16.5. The minimum absolute atomic E-state index is 0.469. The van der Waals surface area contributed by atoms with E-state index >= 15 is 0 Å². The van der Waals surface area contributed by atoms with Gasteiger partial charge in [0.25, 0.3) is 0 Å². The predicted molar refractivity (Wildman–Crippen MR) is 59.3 cm³/mol. The first-order valence-electron chi connectivity index (χ1n) is 6.03. The van der Waals surface area contributed by atoms with E-state index in [1.807, 2.05) is 7.11 Å². The summed E-state index contributed by atoms with van der Waals surface area (Å²) in [7, 11) is 1.89. The molecule has 0 saturated heterocycles. The van der Waals surface area contributed by atoms with Crippen LogP contribution in [0.2, 0.25) is 0 Å². The van der Waals surface area contributed by atoms with E-state index in [9.17, 15) is 0 Å². The van der Waals surface area contributed by atoms with Crippen LogP contribution in [0.15, 0.2) is 0 Å². The van der Waals surface area contributed by atoms with Gasteiger partial charge in [-0.05, 0) is 42.4 Å². The second-order valence-electron chi connectivity index (χ2n) is 6.20. The van der Waals surface area contributed by atoms with Crippen LogP contribution in [0.5, 0.6) is 0 Å². The molecule has 1 nitrogen and oxygen atoms in total. The van der Waals surface area contributed by atoms with Crippen molar-refractivity contribution in [3.63, 3.8) is 0 Å². The molecule has 0 aliphatic heterocycles. The summed E-state index contributed by atoms with van der Waals surface area (Å²) in [6.45, 7) is 7.36. The van der Waals surface area contributed by atoms with Crippen LogP contribution in [0, 0.1) is 16.7 Å². The van der Waals surface area contributed by atoms with Crippen molar-refractivity contribution in [2.75, 3.05) is 7.11 Å². The van der Waals surface area contributed by atoms with E-state index in [1.165, 1.54) is 32.1 Å². The van der Waals surface area contributed by atoms with E-state index in [0.29, 0.717) is 16.9 Å². The van der Waals surface area contributed by atoms with E-state index in [4.69, 9.17) is 4.74 Å². The molecule has 3 atom stereocenters. The summed E-state index contributed by atoms with van der Waals surface area (Å²) < 4.78 is 5.68. The molecule has 0 aromatic rings. The van der Waals surface area contributed by atoms with E-state index < -0.39 is 0 Å². The highest BCUT2D eigenvalue weighted by molar-refractivity contribution is 5.03. The molecule has 0 bridgehead atoms. The van der Waals surface area contributed by atoms with Gasteiger partial charge in [-0.2, -0.15) is 0 Å². The Kier molecular flexibility index (Phi) is 2.42. The molecule has 0 spiro atoms. The zero-order chi connectivity index (χ0) is 10.4. The van der Waals surface area contributed by atoms with Gasteiger partial charge in [-0.1, -0.05) is 27.2 Å². The van der Waals surface area contributed by atoms with Crippen LogP contribution in [0.3, 0.4) is 0 Å². The van der Waals surface area contributed by atoms with Crippen molar-refractivity contribution in [1.29, 1.82) is 0 Å². The van der Waals surface area contributed by atoms with E-state index in [1.54, 1.807) is 0 Å². The second kappa shape index (κ2) is 3.23. The molecule has 0 radical (unpaired) electrons. The number of hydrogen-bond acceptors (Lipinski definition) is 1. The molecule has 0 aromatic carbocycles.